The summed E-state index contributed by atoms with van der Waals surface area (Å²) in [7, 11) is 0. The summed E-state index contributed by atoms with van der Waals surface area (Å²) in [6.07, 6.45) is 0. The summed E-state index contributed by atoms with van der Waals surface area (Å²) >= 11 is 1.64. The number of hydrogen-bond acceptors (Lipinski definition) is 4. The molecule has 12 aromatic rings. The molecule has 6 heteroatoms. The number of para-hydroxylation sites is 2. The lowest BCUT2D eigenvalue weighted by molar-refractivity contribution is 1.07. The molecule has 0 fully saturated rings. The average molecular weight is 755 g/mol. The van der Waals surface area contributed by atoms with Crippen molar-refractivity contribution in [3.63, 3.8) is 0 Å². The largest absolute Gasteiger partial charge is 0.309 e. The van der Waals surface area contributed by atoms with E-state index in [0.717, 1.165) is 58.4 Å². The predicted molar refractivity (Wildman–Crippen MR) is 238 cm³/mol. The van der Waals surface area contributed by atoms with Crippen LogP contribution in [0, 0.1) is 0 Å². The fourth-order valence-electron chi connectivity index (χ4n) is 8.01. The minimum atomic E-state index is -0.582. The number of nitrogens with zero attached hydrogens (tertiary/aromatic N) is 5. The molecule has 0 aliphatic rings. The fraction of sp³-hybridized carbons (Fsp3) is 0. The Morgan fingerprint density at radius 1 is 0.368 bits per heavy atom. The van der Waals surface area contributed by atoms with Crippen LogP contribution in [0.15, 0.2) is 188 Å². The van der Waals surface area contributed by atoms with E-state index >= 15 is 0 Å². The first-order chi connectivity index (χ1) is 32.0. The highest BCUT2D eigenvalue weighted by Crippen LogP contribution is 2.42. The van der Waals surface area contributed by atoms with E-state index in [9.17, 15) is 5.48 Å². The molecule has 4 heterocycles. The maximum atomic E-state index is 9.78. The van der Waals surface area contributed by atoms with Crippen LogP contribution in [0.2, 0.25) is 0 Å². The Bertz CT molecular complexity index is 3960. The van der Waals surface area contributed by atoms with Crippen molar-refractivity contribution in [2.24, 2.45) is 0 Å². The van der Waals surface area contributed by atoms with Crippen LogP contribution in [0.4, 0.5) is 0 Å². The number of aromatic nitrogens is 5. The third-order valence-corrected chi connectivity index (χ3v) is 11.7. The Kier molecular flexibility index (Phi) is 5.33. The molecule has 0 saturated carbocycles. The third kappa shape index (κ3) is 5.04. The second-order valence-electron chi connectivity index (χ2n) is 13.8. The van der Waals surface area contributed by atoms with E-state index in [0.29, 0.717) is 16.6 Å². The summed E-state index contributed by atoms with van der Waals surface area (Å²) in [5.41, 5.74) is 4.25. The van der Waals surface area contributed by atoms with Crippen molar-refractivity contribution < 1.29 is 12.3 Å². The van der Waals surface area contributed by atoms with Gasteiger partial charge in [0.15, 0.2) is 17.5 Å². The van der Waals surface area contributed by atoms with Gasteiger partial charge in [-0.15, -0.1) is 11.3 Å². The Morgan fingerprint density at radius 3 is 1.65 bits per heavy atom. The van der Waals surface area contributed by atoms with Crippen LogP contribution in [0.1, 0.15) is 12.3 Å². The highest BCUT2D eigenvalue weighted by molar-refractivity contribution is 7.25. The molecule has 5 nitrogen and oxygen atoms in total. The van der Waals surface area contributed by atoms with Gasteiger partial charge >= 0.3 is 0 Å². The zero-order chi connectivity index (χ0) is 45.3. The summed E-state index contributed by atoms with van der Waals surface area (Å²) in [6, 6.07) is 39.5. The maximum Gasteiger partial charge on any atom is 0.164 e. The van der Waals surface area contributed by atoms with Crippen LogP contribution in [0.25, 0.3) is 109 Å². The second-order valence-corrected chi connectivity index (χ2v) is 14.8. The molecule has 0 radical (unpaired) electrons. The molecule has 0 bridgehead atoms. The summed E-state index contributed by atoms with van der Waals surface area (Å²) < 4.78 is 87.3. The van der Waals surface area contributed by atoms with Crippen LogP contribution < -0.4 is 0 Å². The first kappa shape index (κ1) is 24.2. The first-order valence-electron chi connectivity index (χ1n) is 22.9. The summed E-state index contributed by atoms with van der Waals surface area (Å²) in [6.45, 7) is 0. The van der Waals surface area contributed by atoms with E-state index in [1.165, 1.54) is 0 Å². The maximum absolute atomic E-state index is 9.78. The number of hydrogen-bond donors (Lipinski definition) is 0. The van der Waals surface area contributed by atoms with Gasteiger partial charge in [-0.25, -0.2) is 15.0 Å². The van der Waals surface area contributed by atoms with Crippen LogP contribution in [-0.4, -0.2) is 24.1 Å². The van der Waals surface area contributed by atoms with Gasteiger partial charge in [0.25, 0.3) is 0 Å². The molecule has 12 rings (SSSR count). The van der Waals surface area contributed by atoms with Crippen molar-refractivity contribution in [1.29, 1.82) is 0 Å². The molecule has 0 spiro atoms. The van der Waals surface area contributed by atoms with E-state index in [1.807, 2.05) is 47.0 Å². The van der Waals surface area contributed by atoms with Gasteiger partial charge in [-0.1, -0.05) is 121 Å². The van der Waals surface area contributed by atoms with Crippen LogP contribution in [-0.2, 0) is 0 Å². The Morgan fingerprint density at radius 2 is 0.930 bits per heavy atom. The number of fused-ring (bicyclic) bond motifs is 9. The second kappa shape index (κ2) is 12.6. The zero-order valence-corrected chi connectivity index (χ0v) is 30.7. The van der Waals surface area contributed by atoms with Crippen molar-refractivity contribution in [1.82, 2.24) is 24.1 Å². The quantitative estimate of drug-likeness (QED) is 0.176. The molecule has 0 N–H and O–H groups in total. The average Bonchev–Trinajstić information content (AvgIpc) is 3.99. The van der Waals surface area contributed by atoms with Crippen molar-refractivity contribution in [2.45, 2.75) is 0 Å². The zero-order valence-electron chi connectivity index (χ0n) is 38.8. The molecular formula is C51H31N5S. The highest BCUT2D eigenvalue weighted by atomic mass is 32.1. The van der Waals surface area contributed by atoms with Gasteiger partial charge in [0.2, 0.25) is 0 Å². The summed E-state index contributed by atoms with van der Waals surface area (Å²) in [5, 5.41) is 6.12. The van der Waals surface area contributed by atoms with Crippen LogP contribution in [0.3, 0.4) is 0 Å². The van der Waals surface area contributed by atoms with Crippen molar-refractivity contribution >= 4 is 75.1 Å². The minimum Gasteiger partial charge on any atom is -0.309 e. The number of rotatable bonds is 5. The Hall–Kier alpha value is -7.41. The molecule has 0 atom stereocenters. The first-order valence-corrected chi connectivity index (χ1v) is 19.2. The molecular weight excluding hydrogens is 715 g/mol. The van der Waals surface area contributed by atoms with Gasteiger partial charge in [-0.3, -0.25) is 0 Å². The Labute approximate surface area is 344 Å². The molecule has 0 aliphatic heterocycles. The van der Waals surface area contributed by atoms with Crippen LogP contribution in [0.5, 0.6) is 0 Å². The topological polar surface area (TPSA) is 48.5 Å². The third-order valence-electron chi connectivity index (χ3n) is 10.5. The van der Waals surface area contributed by atoms with E-state index in [1.54, 1.807) is 41.7 Å². The van der Waals surface area contributed by atoms with Gasteiger partial charge < -0.3 is 9.13 Å². The molecule has 266 valence electrons. The molecule has 0 saturated heterocycles. The highest BCUT2D eigenvalue weighted by Gasteiger charge is 2.19. The van der Waals surface area contributed by atoms with Crippen molar-refractivity contribution in [2.75, 3.05) is 0 Å². The van der Waals surface area contributed by atoms with Crippen molar-refractivity contribution in [3.8, 4) is 45.5 Å². The number of benzene rings is 8. The SMILES string of the molecule is [2H]c1c([2H])c([2H])c(-c2nc(-c3ccccc3)nc(-c3c([2H])c([2H])c(-n4c5cc(-n6c7ccccc7c7ccccc76)ccc5c5cc6c(cc54)sc4ccccc46)c([2H])c3[2H])n2)c([2H])c1[2H]. The molecule has 0 unspecified atom stereocenters. The minimum absolute atomic E-state index is 0.0248. The lowest BCUT2D eigenvalue weighted by atomic mass is 10.1. The smallest absolute Gasteiger partial charge is 0.164 e. The van der Waals surface area contributed by atoms with E-state index in [4.69, 9.17) is 6.85 Å². The molecule has 57 heavy (non-hydrogen) atoms. The monoisotopic (exact) mass is 754 g/mol. The Balaban J connectivity index is 1.15. The van der Waals surface area contributed by atoms with Gasteiger partial charge in [0.05, 0.1) is 34.4 Å². The van der Waals surface area contributed by atoms with Gasteiger partial charge in [0, 0.05) is 69.8 Å². The number of thiophene rings is 1. The standard InChI is InChI=1S/C51H31N5S/c1-3-13-32(14-4-1)49-52-50(33-15-5-2-6-16-33)54-51(53-49)34-23-25-35(26-24-34)55-45-29-36(56-43-20-10-7-17-37(43)38-18-8-11-21-44(38)56)27-28-39(45)41-30-42-40-19-9-12-22-47(40)57-48(42)31-46(41)55/h1-31H/i1D,3D,4D,13D,14D,23D,24D,25D,26D. The normalized spacial score (nSPS) is 14.1. The lowest BCUT2D eigenvalue weighted by Gasteiger charge is -2.12. The van der Waals surface area contributed by atoms with E-state index in [2.05, 4.69) is 80.2 Å². The van der Waals surface area contributed by atoms with Gasteiger partial charge in [-0.05, 0) is 66.6 Å². The predicted octanol–water partition coefficient (Wildman–Crippen LogP) is 13.4. The molecule has 0 aliphatic carbocycles. The summed E-state index contributed by atoms with van der Waals surface area (Å²) in [4.78, 5) is 13.8. The molecule has 4 aromatic heterocycles. The van der Waals surface area contributed by atoms with Crippen LogP contribution >= 0.6 is 11.3 Å². The van der Waals surface area contributed by atoms with Gasteiger partial charge in [-0.2, -0.15) is 0 Å². The van der Waals surface area contributed by atoms with Crippen molar-refractivity contribution in [3.05, 3.63) is 188 Å². The summed E-state index contributed by atoms with van der Waals surface area (Å²) in [5.74, 6) is -0.475. The van der Waals surface area contributed by atoms with E-state index < -0.39 is 42.3 Å². The molecule has 8 aromatic carbocycles. The van der Waals surface area contributed by atoms with E-state index in [-0.39, 0.29) is 46.4 Å². The molecule has 0 amide bonds. The lowest BCUT2D eigenvalue weighted by Crippen LogP contribution is -2.00. The van der Waals surface area contributed by atoms with Gasteiger partial charge in [0.1, 0.15) is 0 Å². The fourth-order valence-corrected chi connectivity index (χ4v) is 9.13.